The van der Waals surface area contributed by atoms with Crippen molar-refractivity contribution in [3.8, 4) is 0 Å². The highest BCUT2D eigenvalue weighted by atomic mass is 16.6. The van der Waals surface area contributed by atoms with Crippen molar-refractivity contribution in [3.63, 3.8) is 0 Å². The van der Waals surface area contributed by atoms with Crippen LogP contribution in [-0.2, 0) is 14.3 Å². The molecule has 0 spiro atoms. The molecule has 6 heteroatoms. The summed E-state index contributed by atoms with van der Waals surface area (Å²) in [5, 5.41) is 17.2. The number of hydrogen-bond acceptors (Lipinski definition) is 4. The zero-order chi connectivity index (χ0) is 10.8. The van der Waals surface area contributed by atoms with E-state index in [1.165, 1.54) is 0 Å². The standard InChI is InChI=1S/C8H13NO5/c9-5(6(10)11)2-1-3-8(4-14-8)7(12)13/h5H,1-4,9H2,(H,10,11)(H,12,13). The maximum Gasteiger partial charge on any atom is 0.338 e. The van der Waals surface area contributed by atoms with Gasteiger partial charge in [0.1, 0.15) is 6.04 Å². The van der Waals surface area contributed by atoms with Crippen LogP contribution in [0.3, 0.4) is 0 Å². The average molecular weight is 203 g/mol. The van der Waals surface area contributed by atoms with Crippen LogP contribution in [0.5, 0.6) is 0 Å². The van der Waals surface area contributed by atoms with Crippen LogP contribution in [0.1, 0.15) is 19.3 Å². The molecule has 0 saturated carbocycles. The monoisotopic (exact) mass is 203 g/mol. The smallest absolute Gasteiger partial charge is 0.338 e. The molecule has 0 aliphatic carbocycles. The molecule has 1 rings (SSSR count). The van der Waals surface area contributed by atoms with Crippen molar-refractivity contribution in [1.29, 1.82) is 0 Å². The van der Waals surface area contributed by atoms with E-state index in [4.69, 9.17) is 20.7 Å². The number of epoxide rings is 1. The first-order valence-corrected chi connectivity index (χ1v) is 4.34. The fourth-order valence-electron chi connectivity index (χ4n) is 1.19. The molecule has 1 fully saturated rings. The molecule has 6 nitrogen and oxygen atoms in total. The summed E-state index contributed by atoms with van der Waals surface area (Å²) < 4.78 is 4.81. The van der Waals surface area contributed by atoms with Gasteiger partial charge < -0.3 is 20.7 Å². The molecular formula is C8H13NO5. The van der Waals surface area contributed by atoms with Crippen molar-refractivity contribution < 1.29 is 24.5 Å². The first-order valence-electron chi connectivity index (χ1n) is 4.34. The van der Waals surface area contributed by atoms with E-state index in [0.717, 1.165) is 0 Å². The summed E-state index contributed by atoms with van der Waals surface area (Å²) >= 11 is 0. The summed E-state index contributed by atoms with van der Waals surface area (Å²) in [5.74, 6) is -2.05. The molecule has 0 radical (unpaired) electrons. The summed E-state index contributed by atoms with van der Waals surface area (Å²) in [7, 11) is 0. The molecule has 80 valence electrons. The topological polar surface area (TPSA) is 113 Å². The first kappa shape index (κ1) is 10.9. The molecule has 4 N–H and O–H groups in total. The van der Waals surface area contributed by atoms with Crippen LogP contribution in [0.4, 0.5) is 0 Å². The Morgan fingerprint density at radius 3 is 2.43 bits per heavy atom. The second kappa shape index (κ2) is 3.93. The van der Waals surface area contributed by atoms with E-state index in [-0.39, 0.29) is 13.0 Å². The number of hydrogen-bond donors (Lipinski definition) is 3. The number of rotatable bonds is 6. The van der Waals surface area contributed by atoms with Gasteiger partial charge in [-0.2, -0.15) is 0 Å². The lowest BCUT2D eigenvalue weighted by Gasteiger charge is -2.08. The average Bonchev–Trinajstić information content (AvgIpc) is 2.85. The molecule has 14 heavy (non-hydrogen) atoms. The Hall–Kier alpha value is -1.14. The van der Waals surface area contributed by atoms with Crippen LogP contribution in [0.25, 0.3) is 0 Å². The van der Waals surface area contributed by atoms with E-state index in [1.54, 1.807) is 0 Å². The maximum absolute atomic E-state index is 10.6. The van der Waals surface area contributed by atoms with Crippen LogP contribution in [-0.4, -0.2) is 40.4 Å². The number of carboxylic acid groups (broad SMARTS) is 2. The summed E-state index contributed by atoms with van der Waals surface area (Å²) in [4.78, 5) is 21.0. The summed E-state index contributed by atoms with van der Waals surface area (Å²) in [6.07, 6.45) is 1.04. The van der Waals surface area contributed by atoms with Crippen LogP contribution >= 0.6 is 0 Å². The van der Waals surface area contributed by atoms with Crippen molar-refractivity contribution in [1.82, 2.24) is 0 Å². The molecule has 1 heterocycles. The number of carboxylic acids is 2. The molecule has 0 bridgehead atoms. The Morgan fingerprint density at radius 2 is 2.07 bits per heavy atom. The number of aliphatic carboxylic acids is 2. The van der Waals surface area contributed by atoms with E-state index in [9.17, 15) is 9.59 Å². The third-order valence-electron chi connectivity index (χ3n) is 2.30. The van der Waals surface area contributed by atoms with Gasteiger partial charge in [0.2, 0.25) is 0 Å². The molecule has 2 unspecified atom stereocenters. The molecule has 1 aliphatic rings. The minimum atomic E-state index is -1.06. The van der Waals surface area contributed by atoms with Gasteiger partial charge in [0.25, 0.3) is 0 Å². The highest BCUT2D eigenvalue weighted by molar-refractivity contribution is 5.80. The largest absolute Gasteiger partial charge is 0.480 e. The Morgan fingerprint density at radius 1 is 1.50 bits per heavy atom. The lowest BCUT2D eigenvalue weighted by atomic mass is 10.0. The molecule has 1 saturated heterocycles. The highest BCUT2D eigenvalue weighted by Crippen LogP contribution is 2.32. The van der Waals surface area contributed by atoms with Gasteiger partial charge in [0.05, 0.1) is 6.61 Å². The van der Waals surface area contributed by atoms with E-state index < -0.39 is 23.6 Å². The van der Waals surface area contributed by atoms with Gasteiger partial charge >= 0.3 is 11.9 Å². The SMILES string of the molecule is NC(CCCC1(C(=O)O)CO1)C(=O)O. The maximum atomic E-state index is 10.6. The normalized spacial score (nSPS) is 26.9. The third-order valence-corrected chi connectivity index (χ3v) is 2.30. The van der Waals surface area contributed by atoms with E-state index in [2.05, 4.69) is 0 Å². The van der Waals surface area contributed by atoms with Gasteiger partial charge in [-0.15, -0.1) is 0 Å². The van der Waals surface area contributed by atoms with Crippen LogP contribution in [0.2, 0.25) is 0 Å². The zero-order valence-electron chi connectivity index (χ0n) is 7.60. The lowest BCUT2D eigenvalue weighted by Crippen LogP contribution is -2.31. The minimum absolute atomic E-state index is 0.213. The quantitative estimate of drug-likeness (QED) is 0.498. The van der Waals surface area contributed by atoms with Gasteiger partial charge in [0, 0.05) is 0 Å². The number of carbonyl (C=O) groups is 2. The van der Waals surface area contributed by atoms with Gasteiger partial charge in [-0.3, -0.25) is 4.79 Å². The van der Waals surface area contributed by atoms with Crippen molar-refractivity contribution in [2.75, 3.05) is 6.61 Å². The van der Waals surface area contributed by atoms with Gasteiger partial charge in [-0.1, -0.05) is 0 Å². The van der Waals surface area contributed by atoms with Crippen molar-refractivity contribution >= 4 is 11.9 Å². The predicted molar refractivity (Wildman–Crippen MR) is 45.8 cm³/mol. The summed E-state index contributed by atoms with van der Waals surface area (Å²) in [6, 6.07) is -0.917. The first-order chi connectivity index (χ1) is 6.48. The molecule has 0 aromatic carbocycles. The summed E-state index contributed by atoms with van der Waals surface area (Å²) in [5.41, 5.74) is 4.20. The minimum Gasteiger partial charge on any atom is -0.480 e. The Labute approximate surface area is 80.7 Å². The van der Waals surface area contributed by atoms with Crippen molar-refractivity contribution in [2.24, 2.45) is 5.73 Å². The van der Waals surface area contributed by atoms with Crippen LogP contribution in [0.15, 0.2) is 0 Å². The Bertz CT molecular complexity index is 248. The molecular weight excluding hydrogens is 190 g/mol. The second-order valence-corrected chi connectivity index (χ2v) is 3.43. The van der Waals surface area contributed by atoms with E-state index in [0.29, 0.717) is 12.8 Å². The fraction of sp³-hybridized carbons (Fsp3) is 0.750. The molecule has 2 atom stereocenters. The van der Waals surface area contributed by atoms with Crippen LogP contribution < -0.4 is 5.73 Å². The zero-order valence-corrected chi connectivity index (χ0v) is 7.60. The van der Waals surface area contributed by atoms with Gasteiger partial charge in [-0.25, -0.2) is 4.79 Å². The molecule has 0 aromatic rings. The third kappa shape index (κ3) is 2.43. The molecule has 1 aliphatic heterocycles. The van der Waals surface area contributed by atoms with E-state index in [1.807, 2.05) is 0 Å². The Balaban J connectivity index is 2.22. The van der Waals surface area contributed by atoms with E-state index >= 15 is 0 Å². The van der Waals surface area contributed by atoms with Crippen LogP contribution in [0, 0.1) is 0 Å². The van der Waals surface area contributed by atoms with Gasteiger partial charge in [0.15, 0.2) is 5.60 Å². The van der Waals surface area contributed by atoms with Crippen molar-refractivity contribution in [3.05, 3.63) is 0 Å². The predicted octanol–water partition coefficient (Wildman–Crippen LogP) is -0.578. The van der Waals surface area contributed by atoms with Crippen molar-refractivity contribution in [2.45, 2.75) is 30.9 Å². The fourth-order valence-corrected chi connectivity index (χ4v) is 1.19. The number of nitrogens with two attached hydrogens (primary N) is 1. The molecule has 0 amide bonds. The highest BCUT2D eigenvalue weighted by Gasteiger charge is 2.51. The molecule has 0 aromatic heterocycles. The summed E-state index contributed by atoms with van der Waals surface area (Å²) in [6.45, 7) is 0.213. The Kier molecular flexibility index (Phi) is 3.07. The number of ether oxygens (including phenoxy) is 1. The van der Waals surface area contributed by atoms with Gasteiger partial charge in [-0.05, 0) is 19.3 Å². The second-order valence-electron chi connectivity index (χ2n) is 3.43. The lowest BCUT2D eigenvalue weighted by molar-refractivity contribution is -0.143.